The van der Waals surface area contributed by atoms with Crippen LogP contribution in [-0.2, 0) is 21.0 Å². The standard InChI is InChI=1S/C66H49N2.C9H13N.C7H15N.Co/c1-44-38-45(2)63(46(3)39-44)66(61-36-34-59(67-61)64-55(49-26-14-6-15-27-49)40-53(47-22-10-4-11-23-47)41-56(64)50-28-16-7-17-29-50)62-37-35-60(68-62)65-57(51-30-18-8-19-31-51)42-54(48-24-12-5-13-25-48)43-58(65)52-32-20-9-21-33-52;1-9(2,3)8-4-6-10-7-5-8;1-6(2,3)7(4,5)8;/h4-43H,1-3H3;4-7H,1-3H3;1-5H3;/q-1;;;/b66-61+;;;. The monoisotopic (exact) mass is 1180 g/mol. The van der Waals surface area contributed by atoms with Gasteiger partial charge in [-0.15, -0.1) is 11.4 Å². The topological polar surface area (TPSA) is 51.7 Å². The van der Waals surface area contributed by atoms with Gasteiger partial charge in [0.25, 0.3) is 0 Å². The first-order valence-electron chi connectivity index (χ1n) is 30.0. The van der Waals surface area contributed by atoms with E-state index in [4.69, 9.17) is 9.98 Å². The number of rotatable bonds is 11. The molecule has 0 amide bonds. The average molecular weight is 1180 g/mol. The first-order chi connectivity index (χ1) is 41.9. The summed E-state index contributed by atoms with van der Waals surface area (Å²) >= 11 is 3.97. The van der Waals surface area contributed by atoms with Gasteiger partial charge in [-0.05, 0) is 175 Å². The van der Waals surface area contributed by atoms with Crippen molar-refractivity contribution in [3.63, 3.8) is 0 Å². The number of benzene rings is 9. The number of allylic oxidation sites excluding steroid dienone is 2. The van der Waals surface area contributed by atoms with E-state index in [9.17, 15) is 0 Å². The van der Waals surface area contributed by atoms with Crippen molar-refractivity contribution in [1.82, 2.24) is 9.97 Å². The molecule has 1 aliphatic heterocycles. The number of aryl methyl sites for hydroxylation is 3. The predicted molar refractivity (Wildman–Crippen MR) is 366 cm³/mol. The summed E-state index contributed by atoms with van der Waals surface area (Å²) in [6, 6.07) is 86.7. The van der Waals surface area contributed by atoms with Crippen molar-refractivity contribution in [2.75, 3.05) is 0 Å². The van der Waals surface area contributed by atoms with E-state index in [-0.39, 0.29) is 16.4 Å². The van der Waals surface area contributed by atoms with Gasteiger partial charge in [-0.25, -0.2) is 4.99 Å². The van der Waals surface area contributed by atoms with Crippen LogP contribution in [0.2, 0.25) is 0 Å². The zero-order valence-corrected chi connectivity index (χ0v) is 53.1. The van der Waals surface area contributed by atoms with Gasteiger partial charge in [-0.3, -0.25) is 4.98 Å². The van der Waals surface area contributed by atoms with E-state index in [1.54, 1.807) is 0 Å². The molecule has 0 fully saturated rings. The largest absolute Gasteiger partial charge is 0.657 e. The third-order valence-electron chi connectivity index (χ3n) is 16.6. The maximum absolute atomic E-state index is 5.69. The smallest absolute Gasteiger partial charge is 0.0722 e. The predicted octanol–water partition coefficient (Wildman–Crippen LogP) is 22.0. The van der Waals surface area contributed by atoms with Gasteiger partial charge in [0.15, 0.2) is 0 Å². The fourth-order valence-electron chi connectivity index (χ4n) is 11.0. The quantitative estimate of drug-likeness (QED) is 0.130. The Kier molecular flexibility index (Phi) is 18.7. The molecule has 0 spiro atoms. The second-order valence-electron chi connectivity index (χ2n) is 25.0. The van der Waals surface area contributed by atoms with Gasteiger partial charge >= 0.3 is 65.1 Å². The molecule has 3 heterocycles. The van der Waals surface area contributed by atoms with Crippen molar-refractivity contribution in [2.24, 2.45) is 14.4 Å². The molecule has 87 heavy (non-hydrogen) atoms. The van der Waals surface area contributed by atoms with Crippen LogP contribution in [0.15, 0.2) is 282 Å². The molecule has 11 aromatic rings. The third-order valence-corrected chi connectivity index (χ3v) is 17.2. The van der Waals surface area contributed by atoms with Crippen molar-refractivity contribution >= 4 is 11.3 Å². The fourth-order valence-corrected chi connectivity index (χ4v) is 11.4. The maximum Gasteiger partial charge on any atom is 0.0722 e. The molecule has 0 saturated heterocycles. The van der Waals surface area contributed by atoms with E-state index < -0.39 is 0 Å². The Hall–Kier alpha value is -9.13. The molecule has 9 aromatic carbocycles. The van der Waals surface area contributed by atoms with Crippen LogP contribution < -0.4 is 4.98 Å². The second kappa shape index (κ2) is 26.6. The van der Waals surface area contributed by atoms with Gasteiger partial charge < -0.3 is 4.98 Å². The molecule has 2 aromatic heterocycles. The van der Waals surface area contributed by atoms with Crippen LogP contribution in [0.5, 0.6) is 0 Å². The summed E-state index contributed by atoms with van der Waals surface area (Å²) in [6.07, 6.45) is 8.07. The van der Waals surface area contributed by atoms with E-state index in [2.05, 4.69) is 355 Å². The zero-order chi connectivity index (χ0) is 61.3. The molecule has 0 atom stereocenters. The molecule has 0 saturated carbocycles. The molecular formula is C82H77CoN4-. The van der Waals surface area contributed by atoms with Crippen molar-refractivity contribution in [3.05, 3.63) is 312 Å². The molecule has 0 N–H and O–H groups in total. The first-order valence-corrected chi connectivity index (χ1v) is 30.5. The van der Waals surface area contributed by atoms with Crippen molar-refractivity contribution in [1.29, 1.82) is 0 Å². The minimum atomic E-state index is -0.0347. The van der Waals surface area contributed by atoms with Crippen LogP contribution >= 0.6 is 0 Å². The Labute approximate surface area is 525 Å². The van der Waals surface area contributed by atoms with Crippen LogP contribution in [0.1, 0.15) is 94.5 Å². The summed E-state index contributed by atoms with van der Waals surface area (Å²) in [5.41, 5.74) is 27.1. The van der Waals surface area contributed by atoms with E-state index in [0.717, 1.165) is 101 Å². The van der Waals surface area contributed by atoms with Crippen molar-refractivity contribution in [2.45, 2.75) is 87.1 Å². The summed E-state index contributed by atoms with van der Waals surface area (Å²) in [7, 11) is 0. The number of pyridine rings is 1. The molecule has 1 aliphatic rings. The number of hydrogen-bond donors (Lipinski definition) is 0. The van der Waals surface area contributed by atoms with Gasteiger partial charge in [0.2, 0.25) is 0 Å². The van der Waals surface area contributed by atoms with Crippen LogP contribution in [0.4, 0.5) is 0 Å². The van der Waals surface area contributed by atoms with Crippen LogP contribution in [0, 0.1) is 26.2 Å². The third kappa shape index (κ3) is 14.1. The van der Waals surface area contributed by atoms with Crippen LogP contribution in [0.3, 0.4) is 0 Å². The Balaban J connectivity index is 0.000000379. The van der Waals surface area contributed by atoms with Gasteiger partial charge in [-0.1, -0.05) is 233 Å². The maximum atomic E-state index is 5.69. The molecule has 5 heteroatoms. The van der Waals surface area contributed by atoms with Crippen molar-refractivity contribution in [3.8, 4) is 78.0 Å². The van der Waals surface area contributed by atoms with Gasteiger partial charge in [0.05, 0.1) is 11.4 Å². The van der Waals surface area contributed by atoms with Gasteiger partial charge in [0.1, 0.15) is 0 Å². The zero-order valence-electron chi connectivity index (χ0n) is 52.0. The molecule has 4 nitrogen and oxygen atoms in total. The van der Waals surface area contributed by atoms with Crippen LogP contribution in [0.25, 0.3) is 83.6 Å². The molecule has 12 rings (SSSR count). The molecule has 435 valence electrons. The summed E-state index contributed by atoms with van der Waals surface area (Å²) in [5.74, 6) is 0. The SMILES string of the molecule is CC(C)(C)C(C)(C)[N]=[Co].CC(C)(C)c1ccncc1.Cc1cc(C)c(/C(=C2\C=CC(c3c(-c4ccccc4)cc(-c4ccccc4)cc3-c3ccccc3)=N2)c2ccc(-c3c(-c4ccccc4)cc(-c4ccccc4)cc3-c3ccccc3)[n-]2)c(C)c1. The first kappa shape index (κ1) is 61.0. The Morgan fingerprint density at radius 3 is 1.14 bits per heavy atom. The summed E-state index contributed by atoms with van der Waals surface area (Å²) in [5, 5.41) is 0. The molecule has 0 bridgehead atoms. The number of aromatic nitrogens is 2. The Bertz CT molecular complexity index is 4100. The molecule has 0 radical (unpaired) electrons. The number of aliphatic imine (C=N–C) groups is 1. The number of hydrogen-bond acceptors (Lipinski definition) is 3. The summed E-state index contributed by atoms with van der Waals surface area (Å²) < 4.78 is 3.98. The van der Waals surface area contributed by atoms with Crippen LogP contribution in [-0.4, -0.2) is 16.2 Å². The summed E-state index contributed by atoms with van der Waals surface area (Å²) in [6.45, 7) is 23.8. The number of nitrogens with zero attached hydrogens (tertiary/aromatic N) is 4. The Morgan fingerprint density at radius 2 is 0.793 bits per heavy atom. The Morgan fingerprint density at radius 1 is 0.414 bits per heavy atom. The van der Waals surface area contributed by atoms with Crippen molar-refractivity contribution < 1.29 is 15.5 Å². The van der Waals surface area contributed by atoms with E-state index in [0.29, 0.717) is 0 Å². The van der Waals surface area contributed by atoms with Gasteiger partial charge in [0, 0.05) is 18.0 Å². The van der Waals surface area contributed by atoms with Gasteiger partial charge in [-0.2, -0.15) is 0 Å². The van der Waals surface area contributed by atoms with E-state index in [1.165, 1.54) is 33.4 Å². The average Bonchev–Trinajstić information content (AvgIpc) is 2.10. The summed E-state index contributed by atoms with van der Waals surface area (Å²) in [4.78, 5) is 15.3. The minimum absolute atomic E-state index is 0.0347. The second-order valence-corrected chi connectivity index (χ2v) is 25.3. The molecule has 0 aliphatic carbocycles. The van der Waals surface area contributed by atoms with E-state index >= 15 is 0 Å². The normalized spacial score (nSPS) is 12.8. The molecule has 0 unspecified atom stereocenters. The fraction of sp³-hybridized carbons (Fsp3) is 0.171. The molecular weight excluding hydrogens is 1100 g/mol. The van der Waals surface area contributed by atoms with E-state index in [1.807, 2.05) is 12.4 Å². The minimum Gasteiger partial charge on any atom is -0.657 e.